The highest BCUT2D eigenvalue weighted by Gasteiger charge is 2.52. The Morgan fingerprint density at radius 1 is 1.07 bits per heavy atom. The van der Waals surface area contributed by atoms with Crippen molar-refractivity contribution in [2.75, 3.05) is 20.1 Å². The van der Waals surface area contributed by atoms with E-state index in [1.807, 2.05) is 0 Å². The molecular weight excluding hydrogens is 184 g/mol. The molecule has 86 valence electrons. The maximum atomic E-state index is 5.71. The Morgan fingerprint density at radius 3 is 1.93 bits per heavy atom. The summed E-state index contributed by atoms with van der Waals surface area (Å²) < 4.78 is 0. The third kappa shape index (κ3) is 1.53. The summed E-state index contributed by atoms with van der Waals surface area (Å²) in [6.07, 6.45) is 9.02. The van der Waals surface area contributed by atoms with Gasteiger partial charge in [0.2, 0.25) is 0 Å². The van der Waals surface area contributed by atoms with Crippen molar-refractivity contribution in [3.63, 3.8) is 0 Å². The van der Waals surface area contributed by atoms with E-state index in [4.69, 9.17) is 5.73 Å². The fourth-order valence-corrected chi connectivity index (χ4v) is 4.96. The molecule has 0 radical (unpaired) electrons. The lowest BCUT2D eigenvalue weighted by molar-refractivity contribution is -0.0778. The highest BCUT2D eigenvalue weighted by Crippen LogP contribution is 2.57. The van der Waals surface area contributed by atoms with Crippen molar-refractivity contribution in [2.45, 2.75) is 44.1 Å². The van der Waals surface area contributed by atoms with Crippen LogP contribution in [0.3, 0.4) is 0 Å². The van der Waals surface area contributed by atoms with E-state index >= 15 is 0 Å². The molecule has 0 aromatic heterocycles. The molecule has 0 atom stereocenters. The van der Waals surface area contributed by atoms with Gasteiger partial charge < -0.3 is 5.73 Å². The van der Waals surface area contributed by atoms with Crippen LogP contribution in [0.5, 0.6) is 0 Å². The van der Waals surface area contributed by atoms with Gasteiger partial charge in [0.05, 0.1) is 0 Å². The minimum atomic E-state index is 0.564. The number of likely N-dealkylation sites (N-methyl/N-ethyl adjacent to an activating group) is 1. The van der Waals surface area contributed by atoms with Crippen molar-refractivity contribution in [3.05, 3.63) is 0 Å². The molecule has 0 heterocycles. The summed E-state index contributed by atoms with van der Waals surface area (Å²) in [7, 11) is 2.31. The van der Waals surface area contributed by atoms with Crippen molar-refractivity contribution in [1.82, 2.24) is 4.90 Å². The topological polar surface area (TPSA) is 29.3 Å². The molecule has 0 unspecified atom stereocenters. The highest BCUT2D eigenvalue weighted by molar-refractivity contribution is 5.06. The summed E-state index contributed by atoms with van der Waals surface area (Å²) in [6.45, 7) is 1.91. The molecule has 4 rings (SSSR count). The van der Waals surface area contributed by atoms with Crippen LogP contribution in [0.15, 0.2) is 0 Å². The summed E-state index contributed by atoms with van der Waals surface area (Å²) in [6, 6.07) is 0. The smallest absolute Gasteiger partial charge is 0.0215 e. The number of nitrogens with two attached hydrogens (primary N) is 1. The van der Waals surface area contributed by atoms with Crippen LogP contribution in [-0.2, 0) is 0 Å². The molecular formula is C13H24N2. The van der Waals surface area contributed by atoms with Gasteiger partial charge in [-0.2, -0.15) is 0 Å². The quantitative estimate of drug-likeness (QED) is 0.767. The van der Waals surface area contributed by atoms with Gasteiger partial charge in [0.25, 0.3) is 0 Å². The van der Waals surface area contributed by atoms with Crippen molar-refractivity contribution in [3.8, 4) is 0 Å². The van der Waals surface area contributed by atoms with Crippen LogP contribution in [0.25, 0.3) is 0 Å². The molecule has 2 nitrogen and oxygen atoms in total. The Morgan fingerprint density at radius 2 is 1.53 bits per heavy atom. The van der Waals surface area contributed by atoms with Gasteiger partial charge in [-0.1, -0.05) is 0 Å². The second-order valence-corrected chi connectivity index (χ2v) is 6.35. The molecule has 0 aliphatic heterocycles. The van der Waals surface area contributed by atoms with Crippen LogP contribution in [0, 0.1) is 17.8 Å². The third-order valence-corrected chi connectivity index (χ3v) is 5.28. The van der Waals surface area contributed by atoms with Crippen LogP contribution in [0.1, 0.15) is 38.5 Å². The van der Waals surface area contributed by atoms with Crippen LogP contribution >= 0.6 is 0 Å². The molecule has 4 fully saturated rings. The van der Waals surface area contributed by atoms with Crippen LogP contribution in [-0.4, -0.2) is 30.6 Å². The van der Waals surface area contributed by atoms with Crippen LogP contribution < -0.4 is 5.73 Å². The number of hydrogen-bond donors (Lipinski definition) is 1. The Hall–Kier alpha value is -0.0800. The lowest BCUT2D eigenvalue weighted by Crippen LogP contribution is -2.59. The summed E-state index contributed by atoms with van der Waals surface area (Å²) in [4.78, 5) is 2.59. The maximum absolute atomic E-state index is 5.71. The molecule has 2 N–H and O–H groups in total. The minimum Gasteiger partial charge on any atom is -0.329 e. The predicted octanol–water partition coefficient (Wildman–Crippen LogP) is 1.85. The second-order valence-electron chi connectivity index (χ2n) is 6.35. The van der Waals surface area contributed by atoms with E-state index in [0.717, 1.165) is 30.8 Å². The monoisotopic (exact) mass is 208 g/mol. The first kappa shape index (κ1) is 10.1. The Balaban J connectivity index is 1.80. The largest absolute Gasteiger partial charge is 0.329 e. The van der Waals surface area contributed by atoms with E-state index in [2.05, 4.69) is 11.9 Å². The molecule has 4 aliphatic rings. The first-order chi connectivity index (χ1) is 7.22. The van der Waals surface area contributed by atoms with Crippen molar-refractivity contribution >= 4 is 0 Å². The van der Waals surface area contributed by atoms with E-state index in [9.17, 15) is 0 Å². The molecule has 0 aromatic carbocycles. The maximum Gasteiger partial charge on any atom is 0.0215 e. The van der Waals surface area contributed by atoms with Crippen molar-refractivity contribution in [1.29, 1.82) is 0 Å². The summed E-state index contributed by atoms with van der Waals surface area (Å²) in [5.74, 6) is 3.16. The van der Waals surface area contributed by atoms with Crippen LogP contribution in [0.2, 0.25) is 0 Å². The minimum absolute atomic E-state index is 0.564. The highest BCUT2D eigenvalue weighted by atomic mass is 15.2. The average Bonchev–Trinajstić information content (AvgIpc) is 2.15. The predicted molar refractivity (Wildman–Crippen MR) is 62.6 cm³/mol. The Bertz CT molecular complexity index is 214. The van der Waals surface area contributed by atoms with E-state index in [0.29, 0.717) is 5.54 Å². The lowest BCUT2D eigenvalue weighted by atomic mass is 9.52. The van der Waals surface area contributed by atoms with Gasteiger partial charge in [0.1, 0.15) is 0 Å². The number of rotatable bonds is 3. The van der Waals surface area contributed by atoms with Crippen molar-refractivity contribution in [2.24, 2.45) is 23.5 Å². The van der Waals surface area contributed by atoms with E-state index in [1.165, 1.54) is 38.5 Å². The standard InChI is InChI=1S/C13H24N2/c1-15(3-2-14)13-7-10-4-11(8-13)6-12(5-10)9-13/h10-12H,2-9,14H2,1H3. The molecule has 15 heavy (non-hydrogen) atoms. The van der Waals surface area contributed by atoms with Gasteiger partial charge in [0, 0.05) is 18.6 Å². The second kappa shape index (κ2) is 3.46. The van der Waals surface area contributed by atoms with Gasteiger partial charge in [-0.25, -0.2) is 0 Å². The molecule has 2 heteroatoms. The van der Waals surface area contributed by atoms with Gasteiger partial charge in [-0.15, -0.1) is 0 Å². The van der Waals surface area contributed by atoms with Crippen molar-refractivity contribution < 1.29 is 0 Å². The van der Waals surface area contributed by atoms with Gasteiger partial charge >= 0.3 is 0 Å². The number of hydrogen-bond acceptors (Lipinski definition) is 2. The molecule has 4 aliphatic carbocycles. The Labute approximate surface area is 93.2 Å². The number of nitrogens with zero attached hydrogens (tertiary/aromatic N) is 1. The molecule has 0 saturated heterocycles. The normalized spacial score (nSPS) is 47.8. The first-order valence-corrected chi connectivity index (χ1v) is 6.63. The summed E-state index contributed by atoms with van der Waals surface area (Å²) in [5.41, 5.74) is 6.27. The van der Waals surface area contributed by atoms with E-state index in [1.54, 1.807) is 0 Å². The zero-order chi connectivity index (χ0) is 10.5. The first-order valence-electron chi connectivity index (χ1n) is 6.63. The molecule has 0 aromatic rings. The SMILES string of the molecule is CN(CCN)C12CC3CC(CC(C3)C1)C2. The fraction of sp³-hybridized carbons (Fsp3) is 1.00. The zero-order valence-corrected chi connectivity index (χ0v) is 9.91. The Kier molecular flexibility index (Phi) is 2.33. The lowest BCUT2D eigenvalue weighted by Gasteiger charge is -2.60. The van der Waals surface area contributed by atoms with E-state index in [-0.39, 0.29) is 0 Å². The molecule has 0 spiro atoms. The molecule has 4 bridgehead atoms. The zero-order valence-electron chi connectivity index (χ0n) is 9.91. The summed E-state index contributed by atoms with van der Waals surface area (Å²) in [5, 5.41) is 0. The molecule has 0 amide bonds. The van der Waals surface area contributed by atoms with E-state index < -0.39 is 0 Å². The van der Waals surface area contributed by atoms with Gasteiger partial charge in [-0.05, 0) is 63.3 Å². The summed E-state index contributed by atoms with van der Waals surface area (Å²) >= 11 is 0. The average molecular weight is 208 g/mol. The fourth-order valence-electron chi connectivity index (χ4n) is 4.96. The molecule has 4 saturated carbocycles. The third-order valence-electron chi connectivity index (χ3n) is 5.28. The van der Waals surface area contributed by atoms with Gasteiger partial charge in [0.15, 0.2) is 0 Å². The van der Waals surface area contributed by atoms with Gasteiger partial charge in [-0.3, -0.25) is 4.90 Å². The van der Waals surface area contributed by atoms with Crippen LogP contribution in [0.4, 0.5) is 0 Å².